The van der Waals surface area contributed by atoms with Crippen molar-refractivity contribution in [3.63, 3.8) is 0 Å². The van der Waals surface area contributed by atoms with Crippen LogP contribution >= 0.6 is 0 Å². The van der Waals surface area contributed by atoms with Crippen molar-refractivity contribution in [3.8, 4) is 0 Å². The van der Waals surface area contributed by atoms with Crippen LogP contribution in [0.4, 0.5) is 0 Å². The van der Waals surface area contributed by atoms with E-state index in [4.69, 9.17) is 4.74 Å². The molecular formula is C14H18N2O4. The van der Waals surface area contributed by atoms with E-state index in [0.717, 1.165) is 6.42 Å². The Kier molecular flexibility index (Phi) is 2.93. The molecule has 0 saturated carbocycles. The number of rotatable bonds is 1. The summed E-state index contributed by atoms with van der Waals surface area (Å²) >= 11 is 0. The number of amides is 1. The van der Waals surface area contributed by atoms with Gasteiger partial charge in [-0.05, 0) is 20.3 Å². The number of likely N-dealkylation sites (tertiary alicyclic amines) is 1. The molecule has 1 saturated heterocycles. The minimum absolute atomic E-state index is 0.0195. The maximum Gasteiger partial charge on any atom is 0.223 e. The highest BCUT2D eigenvalue weighted by molar-refractivity contribution is 6.06. The Labute approximate surface area is 117 Å². The van der Waals surface area contributed by atoms with Gasteiger partial charge in [-0.2, -0.15) is 0 Å². The standard InChI is InChI=1S/C14H18N2O4/c1-14(2)13(19)12(16-5-3-4-10(16)18)11-8(17)6-15-7-9(11)20-14/h7,12-13,19H,3-6H2,1-2H3. The number of carbonyl (C=O) groups excluding carboxylic acids is 2. The fourth-order valence-corrected chi connectivity index (χ4v) is 3.07. The lowest BCUT2D eigenvalue weighted by Crippen LogP contribution is -2.59. The van der Waals surface area contributed by atoms with Crippen molar-refractivity contribution in [3.05, 3.63) is 11.3 Å². The van der Waals surface area contributed by atoms with E-state index >= 15 is 0 Å². The molecule has 2 unspecified atom stereocenters. The molecule has 1 fully saturated rings. The Bertz CT molecular complexity index is 535. The van der Waals surface area contributed by atoms with E-state index in [0.29, 0.717) is 24.3 Å². The number of ether oxygens (including phenoxy) is 1. The summed E-state index contributed by atoms with van der Waals surface area (Å²) in [7, 11) is 0. The van der Waals surface area contributed by atoms with Crippen LogP contribution in [-0.4, -0.2) is 58.7 Å². The molecule has 0 aromatic heterocycles. The van der Waals surface area contributed by atoms with Gasteiger partial charge in [-0.15, -0.1) is 0 Å². The number of aliphatic imine (C=N–C) groups is 1. The molecule has 2 atom stereocenters. The normalized spacial score (nSPS) is 32.5. The third-order valence-corrected chi connectivity index (χ3v) is 4.14. The molecule has 0 bridgehead atoms. The van der Waals surface area contributed by atoms with Gasteiger partial charge in [0.1, 0.15) is 24.0 Å². The monoisotopic (exact) mass is 278 g/mol. The number of nitrogens with zero attached hydrogens (tertiary/aromatic N) is 2. The number of Topliss-reactive ketones (excluding diaryl/α,β-unsaturated/α-hetero) is 1. The third kappa shape index (κ3) is 1.86. The van der Waals surface area contributed by atoms with Crippen LogP contribution in [0.15, 0.2) is 16.3 Å². The Morgan fingerprint density at radius 2 is 2.20 bits per heavy atom. The molecule has 3 heterocycles. The first-order valence-electron chi connectivity index (χ1n) is 6.85. The van der Waals surface area contributed by atoms with Crippen LogP contribution in [0.1, 0.15) is 26.7 Å². The number of dihydropyridines is 1. The first kappa shape index (κ1) is 13.3. The first-order valence-corrected chi connectivity index (χ1v) is 6.85. The number of aliphatic hydroxyl groups excluding tert-OH is 1. The summed E-state index contributed by atoms with van der Waals surface area (Å²) in [5, 5.41) is 10.6. The van der Waals surface area contributed by atoms with E-state index in [1.807, 2.05) is 0 Å². The maximum absolute atomic E-state index is 12.2. The van der Waals surface area contributed by atoms with Crippen LogP contribution in [0.25, 0.3) is 0 Å². The van der Waals surface area contributed by atoms with Crippen molar-refractivity contribution < 1.29 is 19.4 Å². The van der Waals surface area contributed by atoms with Crippen molar-refractivity contribution in [1.29, 1.82) is 0 Å². The minimum Gasteiger partial charge on any atom is -0.483 e. The number of allylic oxidation sites excluding steroid dienone is 1. The van der Waals surface area contributed by atoms with Crippen molar-refractivity contribution in [2.45, 2.75) is 44.4 Å². The summed E-state index contributed by atoms with van der Waals surface area (Å²) in [6.07, 6.45) is 1.82. The molecule has 0 radical (unpaired) electrons. The Morgan fingerprint density at radius 1 is 1.45 bits per heavy atom. The zero-order valence-corrected chi connectivity index (χ0v) is 11.6. The van der Waals surface area contributed by atoms with Gasteiger partial charge in [-0.25, -0.2) is 0 Å². The average Bonchev–Trinajstić information content (AvgIpc) is 2.78. The van der Waals surface area contributed by atoms with E-state index in [2.05, 4.69) is 4.99 Å². The van der Waals surface area contributed by atoms with E-state index in [-0.39, 0.29) is 18.2 Å². The minimum atomic E-state index is -0.932. The van der Waals surface area contributed by atoms with Gasteiger partial charge in [0.15, 0.2) is 5.78 Å². The van der Waals surface area contributed by atoms with Gasteiger partial charge < -0.3 is 14.7 Å². The van der Waals surface area contributed by atoms with Crippen molar-refractivity contribution in [2.24, 2.45) is 4.99 Å². The highest BCUT2D eigenvalue weighted by Crippen LogP contribution is 2.37. The highest BCUT2D eigenvalue weighted by atomic mass is 16.5. The highest BCUT2D eigenvalue weighted by Gasteiger charge is 2.50. The Balaban J connectivity index is 2.09. The van der Waals surface area contributed by atoms with Gasteiger partial charge >= 0.3 is 0 Å². The molecule has 3 rings (SSSR count). The smallest absolute Gasteiger partial charge is 0.223 e. The molecule has 108 valence electrons. The number of aliphatic hydroxyl groups is 1. The quantitative estimate of drug-likeness (QED) is 0.735. The second-order valence-corrected chi connectivity index (χ2v) is 5.96. The zero-order valence-electron chi connectivity index (χ0n) is 11.6. The second kappa shape index (κ2) is 4.41. The SMILES string of the molecule is CC1(C)OC2=C(C(=O)CN=C2)C(N2CCCC2=O)C1O. The molecule has 3 aliphatic heterocycles. The predicted octanol–water partition coefficient (Wildman–Crippen LogP) is 0.0547. The van der Waals surface area contributed by atoms with Crippen molar-refractivity contribution in [2.75, 3.05) is 13.1 Å². The third-order valence-electron chi connectivity index (χ3n) is 4.14. The Morgan fingerprint density at radius 3 is 2.85 bits per heavy atom. The number of ketones is 1. The largest absolute Gasteiger partial charge is 0.483 e. The fraction of sp³-hybridized carbons (Fsp3) is 0.643. The van der Waals surface area contributed by atoms with Crippen molar-refractivity contribution in [1.82, 2.24) is 4.90 Å². The summed E-state index contributed by atoms with van der Waals surface area (Å²) in [6, 6.07) is -0.622. The zero-order chi connectivity index (χ0) is 14.5. The van der Waals surface area contributed by atoms with Crippen LogP contribution in [0.3, 0.4) is 0 Å². The molecule has 20 heavy (non-hydrogen) atoms. The molecule has 0 aromatic rings. The van der Waals surface area contributed by atoms with Gasteiger partial charge in [-0.1, -0.05) is 0 Å². The van der Waals surface area contributed by atoms with Crippen molar-refractivity contribution >= 4 is 17.9 Å². The lowest BCUT2D eigenvalue weighted by atomic mass is 9.83. The Hall–Kier alpha value is -1.69. The maximum atomic E-state index is 12.2. The fourth-order valence-electron chi connectivity index (χ4n) is 3.07. The number of hydrogen-bond acceptors (Lipinski definition) is 5. The molecule has 0 aliphatic carbocycles. The molecule has 0 spiro atoms. The molecular weight excluding hydrogens is 260 g/mol. The van der Waals surface area contributed by atoms with Crippen LogP contribution in [0.2, 0.25) is 0 Å². The lowest BCUT2D eigenvalue weighted by Gasteiger charge is -2.45. The summed E-state index contributed by atoms with van der Waals surface area (Å²) in [5.41, 5.74) is -0.474. The van der Waals surface area contributed by atoms with Crippen LogP contribution in [0.5, 0.6) is 0 Å². The average molecular weight is 278 g/mol. The van der Waals surface area contributed by atoms with Crippen LogP contribution in [0, 0.1) is 0 Å². The van der Waals surface area contributed by atoms with Gasteiger partial charge in [0.05, 0.1) is 17.8 Å². The summed E-state index contributed by atoms with van der Waals surface area (Å²) in [6.45, 7) is 4.12. The van der Waals surface area contributed by atoms with E-state index in [1.165, 1.54) is 6.21 Å². The summed E-state index contributed by atoms with van der Waals surface area (Å²) in [4.78, 5) is 29.8. The molecule has 6 nitrogen and oxygen atoms in total. The first-order chi connectivity index (χ1) is 9.42. The second-order valence-electron chi connectivity index (χ2n) is 5.96. The van der Waals surface area contributed by atoms with Crippen LogP contribution < -0.4 is 0 Å². The molecule has 3 aliphatic rings. The number of hydrogen-bond donors (Lipinski definition) is 1. The van der Waals surface area contributed by atoms with E-state index < -0.39 is 17.7 Å². The van der Waals surface area contributed by atoms with E-state index in [1.54, 1.807) is 18.7 Å². The summed E-state index contributed by atoms with van der Waals surface area (Å²) in [5.74, 6) is 0.192. The lowest BCUT2D eigenvalue weighted by molar-refractivity contribution is -0.143. The summed E-state index contributed by atoms with van der Waals surface area (Å²) < 4.78 is 5.71. The molecule has 1 amide bonds. The van der Waals surface area contributed by atoms with Crippen LogP contribution in [-0.2, 0) is 14.3 Å². The van der Waals surface area contributed by atoms with E-state index in [9.17, 15) is 14.7 Å². The molecule has 1 N–H and O–H groups in total. The van der Waals surface area contributed by atoms with Gasteiger partial charge in [-0.3, -0.25) is 14.6 Å². The van der Waals surface area contributed by atoms with Gasteiger partial charge in [0.25, 0.3) is 0 Å². The number of carbonyl (C=O) groups is 2. The predicted molar refractivity (Wildman–Crippen MR) is 71.3 cm³/mol. The van der Waals surface area contributed by atoms with Gasteiger partial charge in [0.2, 0.25) is 5.91 Å². The molecule has 6 heteroatoms. The topological polar surface area (TPSA) is 79.2 Å². The molecule has 0 aromatic carbocycles. The van der Waals surface area contributed by atoms with Gasteiger partial charge in [0, 0.05) is 13.0 Å².